The minimum Gasteiger partial charge on any atom is -0.392 e. The molecule has 3 heteroatoms. The molecule has 2 aliphatic heterocycles. The van der Waals surface area contributed by atoms with Gasteiger partial charge in [-0.15, -0.1) is 0 Å². The van der Waals surface area contributed by atoms with Crippen LogP contribution in [0.5, 0.6) is 0 Å². The molecule has 2 fully saturated rings. The number of β-amino-alcohol motifs (C(OH)–C–C–N with tert-alkyl or cyclic N) is 1. The van der Waals surface area contributed by atoms with E-state index in [1.807, 2.05) is 0 Å². The van der Waals surface area contributed by atoms with E-state index in [0.717, 1.165) is 32.7 Å². The minimum atomic E-state index is -0.0828. The molecule has 1 atom stereocenters. The lowest BCUT2D eigenvalue weighted by Crippen LogP contribution is -2.48. The minimum absolute atomic E-state index is 0.0828. The molecule has 0 aromatic rings. The van der Waals surface area contributed by atoms with E-state index in [4.69, 9.17) is 4.74 Å². The summed E-state index contributed by atoms with van der Waals surface area (Å²) >= 11 is 0. The molecular formula is C7H13NO2. The zero-order valence-electron chi connectivity index (χ0n) is 5.99. The van der Waals surface area contributed by atoms with E-state index >= 15 is 0 Å². The fourth-order valence-corrected chi connectivity index (χ4v) is 1.53. The van der Waals surface area contributed by atoms with Crippen LogP contribution in [0.4, 0.5) is 0 Å². The third-order valence-corrected chi connectivity index (χ3v) is 2.33. The Bertz CT molecular complexity index is 125. The van der Waals surface area contributed by atoms with E-state index in [1.54, 1.807) is 0 Å². The van der Waals surface area contributed by atoms with E-state index in [0.29, 0.717) is 6.04 Å². The van der Waals surface area contributed by atoms with Gasteiger partial charge >= 0.3 is 0 Å². The van der Waals surface area contributed by atoms with Crippen LogP contribution in [-0.2, 0) is 4.74 Å². The Kier molecular flexibility index (Phi) is 1.64. The zero-order chi connectivity index (χ0) is 6.97. The van der Waals surface area contributed by atoms with Gasteiger partial charge in [-0.05, 0) is 6.42 Å². The van der Waals surface area contributed by atoms with Crippen molar-refractivity contribution in [2.45, 2.75) is 18.6 Å². The third kappa shape index (κ3) is 1.05. The van der Waals surface area contributed by atoms with Gasteiger partial charge in [0.05, 0.1) is 25.4 Å². The van der Waals surface area contributed by atoms with Crippen LogP contribution in [0.25, 0.3) is 0 Å². The largest absolute Gasteiger partial charge is 0.392 e. The Morgan fingerprint density at radius 1 is 1.40 bits per heavy atom. The van der Waals surface area contributed by atoms with Gasteiger partial charge in [-0.1, -0.05) is 0 Å². The van der Waals surface area contributed by atoms with Crippen LogP contribution in [0.1, 0.15) is 6.42 Å². The molecule has 1 N–H and O–H groups in total. The Morgan fingerprint density at radius 2 is 2.20 bits per heavy atom. The van der Waals surface area contributed by atoms with Crippen molar-refractivity contribution in [3.63, 3.8) is 0 Å². The predicted molar refractivity (Wildman–Crippen MR) is 36.8 cm³/mol. The summed E-state index contributed by atoms with van der Waals surface area (Å²) in [5, 5.41) is 9.19. The van der Waals surface area contributed by atoms with Crippen molar-refractivity contribution in [3.8, 4) is 0 Å². The molecule has 0 saturated carbocycles. The van der Waals surface area contributed by atoms with Gasteiger partial charge in [0, 0.05) is 13.1 Å². The van der Waals surface area contributed by atoms with Crippen molar-refractivity contribution in [1.29, 1.82) is 0 Å². The second-order valence-corrected chi connectivity index (χ2v) is 3.13. The van der Waals surface area contributed by atoms with Crippen molar-refractivity contribution >= 4 is 0 Å². The average molecular weight is 143 g/mol. The van der Waals surface area contributed by atoms with Crippen LogP contribution in [0.2, 0.25) is 0 Å². The summed E-state index contributed by atoms with van der Waals surface area (Å²) in [6, 6.07) is 0.608. The first-order chi connectivity index (χ1) is 4.86. The Hall–Kier alpha value is -0.120. The lowest BCUT2D eigenvalue weighted by molar-refractivity contribution is -0.0597. The lowest BCUT2D eigenvalue weighted by atomic mass is 10.2. The summed E-state index contributed by atoms with van der Waals surface area (Å²) in [6.45, 7) is 3.64. The summed E-state index contributed by atoms with van der Waals surface area (Å²) in [6.07, 6.45) is 0.858. The molecule has 10 heavy (non-hydrogen) atoms. The van der Waals surface area contributed by atoms with E-state index in [1.165, 1.54) is 0 Å². The molecule has 0 bridgehead atoms. The monoisotopic (exact) mass is 143 g/mol. The summed E-state index contributed by atoms with van der Waals surface area (Å²) in [4.78, 5) is 2.31. The van der Waals surface area contributed by atoms with Gasteiger partial charge in [0.2, 0.25) is 0 Å². The highest BCUT2D eigenvalue weighted by Crippen LogP contribution is 2.17. The number of likely N-dealkylation sites (tertiary alicyclic amines) is 1. The second-order valence-electron chi connectivity index (χ2n) is 3.13. The van der Waals surface area contributed by atoms with Gasteiger partial charge in [-0.25, -0.2) is 0 Å². The number of hydrogen-bond donors (Lipinski definition) is 1. The summed E-state index contributed by atoms with van der Waals surface area (Å²) in [5.74, 6) is 0. The average Bonchev–Trinajstić information content (AvgIpc) is 2.10. The molecule has 2 aliphatic rings. The first-order valence-corrected chi connectivity index (χ1v) is 3.86. The fraction of sp³-hybridized carbons (Fsp3) is 1.00. The number of hydrogen-bond acceptors (Lipinski definition) is 3. The molecule has 0 aromatic carbocycles. The molecule has 0 amide bonds. The van der Waals surface area contributed by atoms with Crippen LogP contribution in [0.15, 0.2) is 0 Å². The van der Waals surface area contributed by atoms with Gasteiger partial charge in [-0.2, -0.15) is 0 Å². The van der Waals surface area contributed by atoms with Gasteiger partial charge in [0.25, 0.3) is 0 Å². The third-order valence-electron chi connectivity index (χ3n) is 2.33. The number of rotatable bonds is 1. The Morgan fingerprint density at radius 3 is 2.60 bits per heavy atom. The zero-order valence-corrected chi connectivity index (χ0v) is 5.99. The summed E-state index contributed by atoms with van der Waals surface area (Å²) in [7, 11) is 0. The number of ether oxygens (including phenoxy) is 1. The van der Waals surface area contributed by atoms with Crippen molar-refractivity contribution in [3.05, 3.63) is 0 Å². The maximum atomic E-state index is 9.19. The highest BCUT2D eigenvalue weighted by atomic mass is 16.5. The molecule has 0 aromatic heterocycles. The molecule has 58 valence electrons. The molecule has 0 unspecified atom stereocenters. The van der Waals surface area contributed by atoms with E-state index in [9.17, 15) is 5.11 Å². The molecule has 0 aliphatic carbocycles. The molecule has 2 saturated heterocycles. The van der Waals surface area contributed by atoms with Gasteiger partial charge in [-0.3, -0.25) is 4.90 Å². The van der Waals surface area contributed by atoms with Crippen LogP contribution in [-0.4, -0.2) is 48.5 Å². The standard InChI is InChI=1S/C7H13NO2/c9-7-1-2-8(3-7)6-4-10-5-6/h6-7,9H,1-5H2/t7-/m1/s1. The Labute approximate surface area is 60.6 Å². The molecular weight excluding hydrogens is 130 g/mol. The van der Waals surface area contributed by atoms with Crippen LogP contribution < -0.4 is 0 Å². The maximum absolute atomic E-state index is 9.19. The maximum Gasteiger partial charge on any atom is 0.0679 e. The normalized spacial score (nSPS) is 36.3. The summed E-state index contributed by atoms with van der Waals surface area (Å²) in [5.41, 5.74) is 0. The summed E-state index contributed by atoms with van der Waals surface area (Å²) < 4.78 is 5.06. The highest BCUT2D eigenvalue weighted by Gasteiger charge is 2.31. The van der Waals surface area contributed by atoms with Crippen molar-refractivity contribution in [2.75, 3.05) is 26.3 Å². The molecule has 0 radical (unpaired) electrons. The van der Waals surface area contributed by atoms with Gasteiger partial charge < -0.3 is 9.84 Å². The van der Waals surface area contributed by atoms with E-state index < -0.39 is 0 Å². The van der Waals surface area contributed by atoms with Gasteiger partial charge in [0.15, 0.2) is 0 Å². The highest BCUT2D eigenvalue weighted by molar-refractivity contribution is 4.84. The van der Waals surface area contributed by atoms with E-state index in [-0.39, 0.29) is 6.10 Å². The van der Waals surface area contributed by atoms with E-state index in [2.05, 4.69) is 4.90 Å². The topological polar surface area (TPSA) is 32.7 Å². The van der Waals surface area contributed by atoms with Crippen LogP contribution in [0.3, 0.4) is 0 Å². The second kappa shape index (κ2) is 2.49. The lowest BCUT2D eigenvalue weighted by Gasteiger charge is -2.34. The smallest absolute Gasteiger partial charge is 0.0679 e. The first kappa shape index (κ1) is 6.58. The van der Waals surface area contributed by atoms with Gasteiger partial charge in [0.1, 0.15) is 0 Å². The molecule has 2 heterocycles. The SMILES string of the molecule is O[C@@H]1CCN(C2COC2)C1. The van der Waals surface area contributed by atoms with Crippen LogP contribution in [0, 0.1) is 0 Å². The number of aliphatic hydroxyl groups excluding tert-OH is 1. The van der Waals surface area contributed by atoms with Crippen molar-refractivity contribution in [1.82, 2.24) is 4.90 Å². The first-order valence-electron chi connectivity index (χ1n) is 3.86. The van der Waals surface area contributed by atoms with Crippen LogP contribution >= 0.6 is 0 Å². The molecule has 2 rings (SSSR count). The van der Waals surface area contributed by atoms with Crippen molar-refractivity contribution in [2.24, 2.45) is 0 Å². The predicted octanol–water partition coefficient (Wildman–Crippen LogP) is -0.548. The molecule has 0 spiro atoms. The quantitative estimate of drug-likeness (QED) is 0.534. The number of aliphatic hydroxyl groups is 1. The number of nitrogens with zero attached hydrogens (tertiary/aromatic N) is 1. The van der Waals surface area contributed by atoms with Crippen molar-refractivity contribution < 1.29 is 9.84 Å². The fourth-order valence-electron chi connectivity index (χ4n) is 1.53. The Balaban J connectivity index is 1.82. The molecule has 3 nitrogen and oxygen atoms in total.